The molecule has 1 amide bonds. The fraction of sp³-hybridized carbons (Fsp3) is 0.294. The molecule has 0 bridgehead atoms. The van der Waals surface area contributed by atoms with Crippen LogP contribution in [0.5, 0.6) is 11.5 Å². The predicted molar refractivity (Wildman–Crippen MR) is 89.7 cm³/mol. The number of nitrogens with zero attached hydrogens (tertiary/aromatic N) is 2. The topological polar surface area (TPSA) is 65.4 Å². The van der Waals surface area contributed by atoms with Crippen molar-refractivity contribution in [2.45, 2.75) is 13.3 Å². The van der Waals surface area contributed by atoms with Gasteiger partial charge in [0.15, 0.2) is 17.3 Å². The van der Waals surface area contributed by atoms with Gasteiger partial charge in [0.1, 0.15) is 0 Å². The summed E-state index contributed by atoms with van der Waals surface area (Å²) < 4.78 is 12.5. The van der Waals surface area contributed by atoms with Crippen LogP contribution in [0.2, 0.25) is 0 Å². The van der Waals surface area contributed by atoms with E-state index in [1.807, 2.05) is 25.1 Å². The van der Waals surface area contributed by atoms with Crippen molar-refractivity contribution in [2.24, 2.45) is 7.05 Å². The van der Waals surface area contributed by atoms with Crippen molar-refractivity contribution in [3.63, 3.8) is 0 Å². The smallest absolute Gasteiger partial charge is 0.249 e. The van der Waals surface area contributed by atoms with Crippen molar-refractivity contribution < 1.29 is 14.3 Å². The Kier molecular flexibility index (Phi) is 5.80. The SMILES string of the molecule is CCCOc1ccc(/C=C/C(=O)Nc2ccn(C)n2)cc1OC. The molecule has 0 radical (unpaired) electrons. The standard InChI is InChI=1S/C17H21N3O3/c1-4-11-23-14-7-5-13(12-15(14)22-3)6-8-17(21)18-16-9-10-20(2)19-16/h5-10,12H,4,11H2,1-3H3,(H,18,19,21)/b8-6+. The molecule has 122 valence electrons. The van der Waals surface area contributed by atoms with E-state index in [1.54, 1.807) is 37.2 Å². The van der Waals surface area contributed by atoms with E-state index < -0.39 is 0 Å². The van der Waals surface area contributed by atoms with E-state index in [9.17, 15) is 4.79 Å². The highest BCUT2D eigenvalue weighted by Gasteiger charge is 2.05. The van der Waals surface area contributed by atoms with Crippen LogP contribution in [-0.4, -0.2) is 29.4 Å². The third-order valence-electron chi connectivity index (χ3n) is 3.04. The summed E-state index contributed by atoms with van der Waals surface area (Å²) in [6.45, 7) is 2.68. The number of nitrogens with one attached hydrogen (secondary N) is 1. The Morgan fingerprint density at radius 3 is 2.83 bits per heavy atom. The number of methoxy groups -OCH3 is 1. The molecule has 0 atom stereocenters. The molecule has 0 unspecified atom stereocenters. The molecular formula is C17H21N3O3. The van der Waals surface area contributed by atoms with Crippen molar-refractivity contribution in [1.82, 2.24) is 9.78 Å². The van der Waals surface area contributed by atoms with Crippen molar-refractivity contribution in [3.05, 3.63) is 42.1 Å². The molecule has 1 heterocycles. The second-order valence-electron chi connectivity index (χ2n) is 4.96. The first-order valence-electron chi connectivity index (χ1n) is 7.42. The normalized spacial score (nSPS) is 10.7. The van der Waals surface area contributed by atoms with Gasteiger partial charge >= 0.3 is 0 Å². The van der Waals surface area contributed by atoms with E-state index in [0.29, 0.717) is 23.9 Å². The van der Waals surface area contributed by atoms with Gasteiger partial charge in [0.2, 0.25) is 5.91 Å². The molecule has 0 spiro atoms. The number of aryl methyl sites for hydroxylation is 1. The molecule has 0 fully saturated rings. The Bertz CT molecular complexity index is 692. The van der Waals surface area contributed by atoms with Crippen molar-refractivity contribution >= 4 is 17.8 Å². The second kappa shape index (κ2) is 8.03. The van der Waals surface area contributed by atoms with Crippen LogP contribution in [0, 0.1) is 0 Å². The molecule has 0 aliphatic heterocycles. The Morgan fingerprint density at radius 2 is 2.17 bits per heavy atom. The fourth-order valence-corrected chi connectivity index (χ4v) is 1.94. The summed E-state index contributed by atoms with van der Waals surface area (Å²) in [4.78, 5) is 11.9. The van der Waals surface area contributed by atoms with E-state index >= 15 is 0 Å². The molecule has 0 saturated heterocycles. The number of carbonyl (C=O) groups is 1. The van der Waals surface area contributed by atoms with Crippen LogP contribution in [-0.2, 0) is 11.8 Å². The summed E-state index contributed by atoms with van der Waals surface area (Å²) in [5, 5.41) is 6.77. The molecule has 0 aliphatic rings. The van der Waals surface area contributed by atoms with Gasteiger partial charge in [0.05, 0.1) is 13.7 Å². The molecule has 2 aromatic rings. The summed E-state index contributed by atoms with van der Waals surface area (Å²) in [6, 6.07) is 7.27. The third-order valence-corrected chi connectivity index (χ3v) is 3.04. The highest BCUT2D eigenvalue weighted by Crippen LogP contribution is 2.28. The summed E-state index contributed by atoms with van der Waals surface area (Å²) >= 11 is 0. The quantitative estimate of drug-likeness (QED) is 0.798. The highest BCUT2D eigenvalue weighted by atomic mass is 16.5. The zero-order valence-corrected chi connectivity index (χ0v) is 13.6. The third kappa shape index (κ3) is 4.88. The average molecular weight is 315 g/mol. The van der Waals surface area contributed by atoms with E-state index in [2.05, 4.69) is 10.4 Å². The number of rotatable bonds is 7. The van der Waals surface area contributed by atoms with Crippen molar-refractivity contribution in [1.29, 1.82) is 0 Å². The fourth-order valence-electron chi connectivity index (χ4n) is 1.94. The Labute approximate surface area is 135 Å². The maximum absolute atomic E-state index is 11.9. The number of aromatic nitrogens is 2. The Hall–Kier alpha value is -2.76. The molecule has 1 N–H and O–H groups in total. The molecule has 0 aliphatic carbocycles. The van der Waals surface area contributed by atoms with Crippen LogP contribution in [0.15, 0.2) is 36.5 Å². The van der Waals surface area contributed by atoms with Crippen molar-refractivity contribution in [3.8, 4) is 11.5 Å². The minimum absolute atomic E-state index is 0.242. The summed E-state index contributed by atoms with van der Waals surface area (Å²) in [5.74, 6) is 1.62. The van der Waals surface area contributed by atoms with Gasteiger partial charge in [-0.1, -0.05) is 13.0 Å². The molecule has 0 saturated carbocycles. The molecule has 2 rings (SSSR count). The van der Waals surface area contributed by atoms with Gasteiger partial charge in [-0.05, 0) is 30.2 Å². The van der Waals surface area contributed by atoms with Gasteiger partial charge in [0.25, 0.3) is 0 Å². The number of hydrogen-bond donors (Lipinski definition) is 1. The first kappa shape index (κ1) is 16.6. The zero-order chi connectivity index (χ0) is 16.7. The maximum Gasteiger partial charge on any atom is 0.249 e. The predicted octanol–water partition coefficient (Wildman–Crippen LogP) is 2.87. The number of benzene rings is 1. The van der Waals surface area contributed by atoms with Crippen LogP contribution in [0.1, 0.15) is 18.9 Å². The van der Waals surface area contributed by atoms with Crippen LogP contribution in [0.25, 0.3) is 6.08 Å². The van der Waals surface area contributed by atoms with Gasteiger partial charge < -0.3 is 14.8 Å². The van der Waals surface area contributed by atoms with Crippen LogP contribution in [0.4, 0.5) is 5.82 Å². The minimum Gasteiger partial charge on any atom is -0.493 e. The lowest BCUT2D eigenvalue weighted by atomic mass is 10.2. The summed E-state index contributed by atoms with van der Waals surface area (Å²) in [5.41, 5.74) is 0.849. The highest BCUT2D eigenvalue weighted by molar-refractivity contribution is 6.01. The van der Waals surface area contributed by atoms with Crippen molar-refractivity contribution in [2.75, 3.05) is 19.0 Å². The van der Waals surface area contributed by atoms with E-state index in [1.165, 1.54) is 6.08 Å². The molecule has 6 heteroatoms. The number of amides is 1. The van der Waals surface area contributed by atoms with Crippen LogP contribution in [0.3, 0.4) is 0 Å². The summed E-state index contributed by atoms with van der Waals surface area (Å²) in [7, 11) is 3.38. The zero-order valence-electron chi connectivity index (χ0n) is 13.6. The lowest BCUT2D eigenvalue weighted by Crippen LogP contribution is -2.08. The van der Waals surface area contributed by atoms with Gasteiger partial charge in [-0.15, -0.1) is 0 Å². The molecule has 23 heavy (non-hydrogen) atoms. The largest absolute Gasteiger partial charge is 0.493 e. The number of ether oxygens (including phenoxy) is 2. The minimum atomic E-state index is -0.242. The van der Waals surface area contributed by atoms with Gasteiger partial charge in [-0.2, -0.15) is 5.10 Å². The number of anilines is 1. The van der Waals surface area contributed by atoms with Gasteiger partial charge in [0, 0.05) is 25.4 Å². The van der Waals surface area contributed by atoms with Gasteiger partial charge in [-0.25, -0.2) is 0 Å². The first-order chi connectivity index (χ1) is 11.1. The second-order valence-corrected chi connectivity index (χ2v) is 4.96. The maximum atomic E-state index is 11.9. The summed E-state index contributed by atoms with van der Waals surface area (Å²) in [6.07, 6.45) is 5.86. The van der Waals surface area contributed by atoms with E-state index in [-0.39, 0.29) is 5.91 Å². The van der Waals surface area contributed by atoms with Crippen LogP contribution >= 0.6 is 0 Å². The monoisotopic (exact) mass is 315 g/mol. The lowest BCUT2D eigenvalue weighted by Gasteiger charge is -2.10. The Morgan fingerprint density at radius 1 is 1.35 bits per heavy atom. The average Bonchev–Trinajstić information content (AvgIpc) is 2.96. The molecule has 6 nitrogen and oxygen atoms in total. The van der Waals surface area contributed by atoms with Gasteiger partial charge in [-0.3, -0.25) is 9.48 Å². The first-order valence-corrected chi connectivity index (χ1v) is 7.42. The number of hydrogen-bond acceptors (Lipinski definition) is 4. The van der Waals surface area contributed by atoms with Crippen LogP contribution < -0.4 is 14.8 Å². The van der Waals surface area contributed by atoms with E-state index in [4.69, 9.17) is 9.47 Å². The Balaban J connectivity index is 2.02. The lowest BCUT2D eigenvalue weighted by molar-refractivity contribution is -0.111. The number of carbonyl (C=O) groups excluding carboxylic acids is 1. The molecule has 1 aromatic carbocycles. The van der Waals surface area contributed by atoms with E-state index in [0.717, 1.165) is 12.0 Å². The molecular weight excluding hydrogens is 294 g/mol. The molecule has 1 aromatic heterocycles.